The fraction of sp³-hybridized carbons (Fsp3) is 0.889. The van der Waals surface area contributed by atoms with Crippen molar-refractivity contribution < 1.29 is 8.42 Å². The van der Waals surface area contributed by atoms with E-state index in [0.29, 0.717) is 0 Å². The van der Waals surface area contributed by atoms with Crippen LogP contribution in [-0.4, -0.2) is 25.0 Å². The van der Waals surface area contributed by atoms with Crippen LogP contribution in [0.25, 0.3) is 0 Å². The Hall–Kier alpha value is -0.240. The van der Waals surface area contributed by atoms with E-state index < -0.39 is 21.8 Å². The number of nitrogens with two attached hydrogens (primary N) is 1. The van der Waals surface area contributed by atoms with E-state index in [-0.39, 0.29) is 10.9 Å². The third-order valence-electron chi connectivity index (χ3n) is 1.70. The maximum Gasteiger partial charge on any atom is 0.278 e. The lowest BCUT2D eigenvalue weighted by Crippen LogP contribution is -2.54. The third kappa shape index (κ3) is 6.37. The van der Waals surface area contributed by atoms with Crippen LogP contribution in [-0.2, 0) is 10.2 Å². The van der Waals surface area contributed by atoms with Crippen molar-refractivity contribution in [3.8, 4) is 0 Å². The number of thiocarbonyl (C=S) groups is 1. The summed E-state index contributed by atoms with van der Waals surface area (Å²) in [6.07, 6.45) is 0. The molecule has 0 amide bonds. The molecule has 0 saturated carbocycles. The molecule has 0 fully saturated rings. The summed E-state index contributed by atoms with van der Waals surface area (Å²) in [6.45, 7) is 8.99. The van der Waals surface area contributed by atoms with E-state index in [0.717, 1.165) is 0 Å². The largest absolute Gasteiger partial charge is 0.392 e. The van der Waals surface area contributed by atoms with Crippen LogP contribution in [0.3, 0.4) is 0 Å². The summed E-state index contributed by atoms with van der Waals surface area (Å²) in [5.41, 5.74) is 4.95. The molecular formula is C9H21N3O2S2. The Bertz CT molecular complexity index is 344. The monoisotopic (exact) mass is 267 g/mol. The van der Waals surface area contributed by atoms with Crippen LogP contribution in [0.4, 0.5) is 0 Å². The summed E-state index contributed by atoms with van der Waals surface area (Å²) >= 11 is 4.83. The second-order valence-corrected chi connectivity index (χ2v) is 7.02. The first-order valence-corrected chi connectivity index (χ1v) is 6.94. The number of nitrogens with one attached hydrogen (secondary N) is 2. The van der Waals surface area contributed by atoms with Gasteiger partial charge in [-0.05, 0) is 26.7 Å². The van der Waals surface area contributed by atoms with Gasteiger partial charge in [-0.2, -0.15) is 17.9 Å². The van der Waals surface area contributed by atoms with Crippen molar-refractivity contribution in [2.75, 3.05) is 0 Å². The number of hydrogen-bond acceptors (Lipinski definition) is 3. The third-order valence-corrected chi connectivity index (χ3v) is 3.40. The molecule has 0 heterocycles. The van der Waals surface area contributed by atoms with Gasteiger partial charge in [0.2, 0.25) is 0 Å². The Morgan fingerprint density at radius 1 is 1.31 bits per heavy atom. The highest BCUT2D eigenvalue weighted by Crippen LogP contribution is 2.06. The topological polar surface area (TPSA) is 84.2 Å². The van der Waals surface area contributed by atoms with E-state index in [1.807, 2.05) is 13.8 Å². The molecular weight excluding hydrogens is 246 g/mol. The van der Waals surface area contributed by atoms with E-state index in [9.17, 15) is 8.42 Å². The van der Waals surface area contributed by atoms with Gasteiger partial charge in [0.1, 0.15) is 0 Å². The van der Waals surface area contributed by atoms with Gasteiger partial charge < -0.3 is 5.73 Å². The summed E-state index contributed by atoms with van der Waals surface area (Å²) in [5.74, 6) is 0.00837. The van der Waals surface area contributed by atoms with Crippen molar-refractivity contribution in [2.45, 2.75) is 46.2 Å². The van der Waals surface area contributed by atoms with Gasteiger partial charge in [0, 0.05) is 5.54 Å². The minimum absolute atomic E-state index is 0.00837. The van der Waals surface area contributed by atoms with Gasteiger partial charge in [-0.1, -0.05) is 26.1 Å². The first-order chi connectivity index (χ1) is 6.94. The Morgan fingerprint density at radius 2 is 1.75 bits per heavy atom. The molecule has 4 N–H and O–H groups in total. The predicted octanol–water partition coefficient (Wildman–Crippen LogP) is 0.520. The zero-order valence-corrected chi connectivity index (χ0v) is 12.0. The van der Waals surface area contributed by atoms with E-state index in [1.54, 1.807) is 20.8 Å². The van der Waals surface area contributed by atoms with Gasteiger partial charge in [0.25, 0.3) is 10.2 Å². The zero-order valence-electron chi connectivity index (χ0n) is 10.4. The molecule has 96 valence electrons. The van der Waals surface area contributed by atoms with E-state index in [2.05, 4.69) is 9.44 Å². The van der Waals surface area contributed by atoms with Gasteiger partial charge in [-0.3, -0.25) is 0 Å². The first kappa shape index (κ1) is 15.8. The van der Waals surface area contributed by atoms with Crippen LogP contribution in [0.5, 0.6) is 0 Å². The molecule has 0 aliphatic rings. The molecule has 1 atom stereocenters. The van der Waals surface area contributed by atoms with Crippen molar-refractivity contribution in [3.63, 3.8) is 0 Å². The van der Waals surface area contributed by atoms with Gasteiger partial charge in [-0.15, -0.1) is 0 Å². The average molecular weight is 267 g/mol. The molecule has 0 aromatic heterocycles. The van der Waals surface area contributed by atoms with Gasteiger partial charge in [0.15, 0.2) is 0 Å². The molecule has 0 bridgehead atoms. The Kier molecular flexibility index (Phi) is 5.31. The van der Waals surface area contributed by atoms with Crippen LogP contribution in [0.2, 0.25) is 0 Å². The molecule has 5 nitrogen and oxygen atoms in total. The molecule has 7 heteroatoms. The van der Waals surface area contributed by atoms with Crippen LogP contribution in [0.15, 0.2) is 0 Å². The lowest BCUT2D eigenvalue weighted by Gasteiger charge is -2.25. The first-order valence-electron chi connectivity index (χ1n) is 5.05. The van der Waals surface area contributed by atoms with Crippen LogP contribution in [0, 0.1) is 5.92 Å². The van der Waals surface area contributed by atoms with E-state index in [1.165, 1.54) is 0 Å². The molecule has 1 unspecified atom stereocenters. The van der Waals surface area contributed by atoms with Gasteiger partial charge >= 0.3 is 0 Å². The summed E-state index contributed by atoms with van der Waals surface area (Å²) < 4.78 is 28.4. The predicted molar refractivity (Wildman–Crippen MR) is 70.4 cm³/mol. The Balaban J connectivity index is 4.75. The highest BCUT2D eigenvalue weighted by atomic mass is 32.2. The van der Waals surface area contributed by atoms with Crippen LogP contribution >= 0.6 is 12.2 Å². The van der Waals surface area contributed by atoms with Crippen molar-refractivity contribution >= 4 is 27.4 Å². The lowest BCUT2D eigenvalue weighted by molar-refractivity contribution is 0.469. The SMILES string of the molecule is CC(C)C(NS(=O)(=O)NC(C)(C)C)C(N)=S. The smallest absolute Gasteiger partial charge is 0.278 e. The van der Waals surface area contributed by atoms with E-state index >= 15 is 0 Å². The van der Waals surface area contributed by atoms with Gasteiger partial charge in [-0.25, -0.2) is 0 Å². The Labute approximate surface area is 103 Å². The minimum Gasteiger partial charge on any atom is -0.392 e. The minimum atomic E-state index is -3.60. The summed E-state index contributed by atoms with van der Waals surface area (Å²) in [6, 6.07) is -0.533. The van der Waals surface area contributed by atoms with Crippen molar-refractivity contribution in [1.29, 1.82) is 0 Å². The molecule has 0 aliphatic carbocycles. The lowest BCUT2D eigenvalue weighted by atomic mass is 10.1. The summed E-state index contributed by atoms with van der Waals surface area (Å²) in [5, 5.41) is 0. The van der Waals surface area contributed by atoms with Crippen LogP contribution < -0.4 is 15.2 Å². The maximum absolute atomic E-state index is 11.7. The number of hydrogen-bond donors (Lipinski definition) is 3. The second-order valence-electron chi connectivity index (χ2n) is 5.10. The quantitative estimate of drug-likeness (QED) is 0.634. The van der Waals surface area contributed by atoms with Crippen LogP contribution in [0.1, 0.15) is 34.6 Å². The fourth-order valence-corrected chi connectivity index (χ4v) is 3.13. The maximum atomic E-state index is 11.7. The zero-order chi connectivity index (χ0) is 13.1. The van der Waals surface area contributed by atoms with Crippen molar-refractivity contribution in [1.82, 2.24) is 9.44 Å². The normalized spacial score (nSPS) is 15.1. The molecule has 0 aromatic rings. The molecule has 0 aliphatic heterocycles. The highest BCUT2D eigenvalue weighted by molar-refractivity contribution is 7.87. The summed E-state index contributed by atoms with van der Waals surface area (Å²) in [7, 11) is -3.60. The summed E-state index contributed by atoms with van der Waals surface area (Å²) in [4.78, 5) is 0.147. The molecule has 0 radical (unpaired) electrons. The molecule has 0 saturated heterocycles. The molecule has 0 spiro atoms. The van der Waals surface area contributed by atoms with Crippen molar-refractivity contribution in [3.05, 3.63) is 0 Å². The fourth-order valence-electron chi connectivity index (χ4n) is 1.12. The van der Waals surface area contributed by atoms with Gasteiger partial charge in [0.05, 0.1) is 11.0 Å². The second kappa shape index (κ2) is 5.39. The Morgan fingerprint density at radius 3 is 2.00 bits per heavy atom. The average Bonchev–Trinajstić information content (AvgIpc) is 1.94. The highest BCUT2D eigenvalue weighted by Gasteiger charge is 2.26. The molecule has 0 rings (SSSR count). The van der Waals surface area contributed by atoms with Crippen molar-refractivity contribution in [2.24, 2.45) is 11.7 Å². The molecule has 16 heavy (non-hydrogen) atoms. The van der Waals surface area contributed by atoms with E-state index in [4.69, 9.17) is 18.0 Å². The standard InChI is InChI=1S/C9H21N3O2S2/c1-6(2)7(8(10)15)11-16(13,14)12-9(3,4)5/h6-7,11-12H,1-5H3,(H2,10,15). The molecule has 0 aromatic carbocycles. The number of rotatable bonds is 5.